The minimum absolute atomic E-state index is 0.00723. The maximum atomic E-state index is 12.2. The summed E-state index contributed by atoms with van der Waals surface area (Å²) in [6.45, 7) is 9.63. The van der Waals surface area contributed by atoms with Crippen molar-refractivity contribution >= 4 is 17.9 Å². The molecule has 0 aliphatic heterocycles. The van der Waals surface area contributed by atoms with E-state index < -0.39 is 12.1 Å². The summed E-state index contributed by atoms with van der Waals surface area (Å²) in [4.78, 5) is 35.0. The highest BCUT2D eigenvalue weighted by Crippen LogP contribution is 2.68. The molecule has 35 heavy (non-hydrogen) atoms. The summed E-state index contributed by atoms with van der Waals surface area (Å²) in [6.07, 6.45) is 5.99. The lowest BCUT2D eigenvalue weighted by Crippen LogP contribution is -2.63. The largest absolute Gasteiger partial charge is 0.481 e. The number of carboxylic acids is 1. The number of aliphatic hydroxyl groups excluding tert-OH is 1. The molecule has 0 radical (unpaired) electrons. The topological polar surface area (TPSA) is 110 Å². The molecule has 7 nitrogen and oxygen atoms in total. The number of hydrogen-bond acceptors (Lipinski definition) is 6. The molecule has 4 fully saturated rings. The Balaban J connectivity index is 1.64. The highest BCUT2D eigenvalue weighted by molar-refractivity contribution is 5.67. The van der Waals surface area contributed by atoms with Gasteiger partial charge in [-0.3, -0.25) is 14.4 Å². The number of carboxylic acid groups (broad SMARTS) is 1. The lowest BCUT2D eigenvalue weighted by Gasteiger charge is -2.64. The van der Waals surface area contributed by atoms with Crippen LogP contribution < -0.4 is 0 Å². The van der Waals surface area contributed by atoms with Gasteiger partial charge in [0.05, 0.1) is 6.10 Å². The minimum atomic E-state index is -0.772. The van der Waals surface area contributed by atoms with Crippen LogP contribution in [0.2, 0.25) is 0 Å². The van der Waals surface area contributed by atoms with Crippen LogP contribution in [0.1, 0.15) is 92.4 Å². The van der Waals surface area contributed by atoms with Gasteiger partial charge in [0.15, 0.2) is 0 Å². The third kappa shape index (κ3) is 4.62. The van der Waals surface area contributed by atoms with Crippen molar-refractivity contribution in [3.05, 3.63) is 0 Å². The summed E-state index contributed by atoms with van der Waals surface area (Å²) in [5.74, 6) is 0.128. The molecule has 4 aliphatic carbocycles. The first kappa shape index (κ1) is 26.4. The second-order valence-corrected chi connectivity index (χ2v) is 12.6. The number of aliphatic carboxylic acids is 1. The second kappa shape index (κ2) is 9.68. The molecule has 2 N–H and O–H groups in total. The molecule has 7 heteroatoms. The average molecular weight is 493 g/mol. The Kier molecular flexibility index (Phi) is 7.31. The van der Waals surface area contributed by atoms with E-state index in [0.717, 1.165) is 38.5 Å². The van der Waals surface area contributed by atoms with Gasteiger partial charge in [-0.1, -0.05) is 20.8 Å². The fraction of sp³-hybridized carbons (Fsp3) is 0.893. The van der Waals surface area contributed by atoms with Gasteiger partial charge < -0.3 is 19.7 Å². The lowest BCUT2D eigenvalue weighted by molar-refractivity contribution is -0.218. The van der Waals surface area contributed by atoms with E-state index in [0.29, 0.717) is 12.8 Å². The molecule has 0 heterocycles. The Morgan fingerprint density at radius 2 is 1.66 bits per heavy atom. The number of aliphatic hydroxyl groups is 1. The molecule has 0 aromatic carbocycles. The van der Waals surface area contributed by atoms with Gasteiger partial charge >= 0.3 is 17.9 Å². The smallest absolute Gasteiger partial charge is 0.303 e. The maximum absolute atomic E-state index is 12.2. The Morgan fingerprint density at radius 1 is 0.971 bits per heavy atom. The van der Waals surface area contributed by atoms with Gasteiger partial charge in [0.25, 0.3) is 0 Å². The van der Waals surface area contributed by atoms with Crippen LogP contribution in [0.15, 0.2) is 0 Å². The average Bonchev–Trinajstić information content (AvgIpc) is 3.11. The fourth-order valence-electron chi connectivity index (χ4n) is 9.32. The van der Waals surface area contributed by atoms with E-state index in [1.165, 1.54) is 13.8 Å². The summed E-state index contributed by atoms with van der Waals surface area (Å²) in [5, 5.41) is 20.9. The predicted molar refractivity (Wildman–Crippen MR) is 129 cm³/mol. The fourth-order valence-corrected chi connectivity index (χ4v) is 9.32. The van der Waals surface area contributed by atoms with Gasteiger partial charge in [0.1, 0.15) is 12.2 Å². The maximum Gasteiger partial charge on any atom is 0.303 e. The van der Waals surface area contributed by atoms with Gasteiger partial charge in [-0.25, -0.2) is 0 Å². The van der Waals surface area contributed by atoms with Crippen LogP contribution in [0.5, 0.6) is 0 Å². The van der Waals surface area contributed by atoms with Gasteiger partial charge in [-0.2, -0.15) is 0 Å². The van der Waals surface area contributed by atoms with E-state index >= 15 is 0 Å². The van der Waals surface area contributed by atoms with E-state index in [-0.39, 0.29) is 76.9 Å². The molecule has 0 amide bonds. The van der Waals surface area contributed by atoms with Crippen LogP contribution in [-0.4, -0.2) is 46.4 Å². The molecule has 0 bridgehead atoms. The molecular weight excluding hydrogens is 448 g/mol. The predicted octanol–water partition coefficient (Wildman–Crippen LogP) is 4.59. The lowest BCUT2D eigenvalue weighted by atomic mass is 9.43. The number of carbonyl (C=O) groups is 3. The van der Waals surface area contributed by atoms with Crippen LogP contribution >= 0.6 is 0 Å². The summed E-state index contributed by atoms with van der Waals surface area (Å²) in [5.41, 5.74) is -0.303. The summed E-state index contributed by atoms with van der Waals surface area (Å²) < 4.78 is 11.6. The van der Waals surface area contributed by atoms with E-state index in [4.69, 9.17) is 9.47 Å². The first-order valence-corrected chi connectivity index (χ1v) is 13.6. The standard InChI is InChI=1S/C28H44O7/c1-15(6-9-25(32)33)20-7-8-21-26-22(14-24(31)28(20,21)5)27(4)11-10-19(34-16(2)29)12-18(27)13-23(26)35-17(3)30/h15,18-24,26,31H,6-14H2,1-5H3,(H,32,33). The minimum Gasteiger partial charge on any atom is -0.481 e. The summed E-state index contributed by atoms with van der Waals surface area (Å²) in [6, 6.07) is 0. The van der Waals surface area contributed by atoms with Gasteiger partial charge in [0.2, 0.25) is 0 Å². The summed E-state index contributed by atoms with van der Waals surface area (Å²) in [7, 11) is 0. The molecule has 0 aromatic rings. The molecule has 11 atom stereocenters. The Labute approximate surface area is 209 Å². The second-order valence-electron chi connectivity index (χ2n) is 12.6. The van der Waals surface area contributed by atoms with Crippen LogP contribution in [0.3, 0.4) is 0 Å². The Bertz CT molecular complexity index is 841. The van der Waals surface area contributed by atoms with E-state index in [1.807, 2.05) is 0 Å². The van der Waals surface area contributed by atoms with Crippen molar-refractivity contribution in [1.82, 2.24) is 0 Å². The third-order valence-corrected chi connectivity index (χ3v) is 10.9. The van der Waals surface area contributed by atoms with Crippen LogP contribution in [-0.2, 0) is 23.9 Å². The Morgan fingerprint density at radius 3 is 2.29 bits per heavy atom. The van der Waals surface area contributed by atoms with Gasteiger partial charge in [-0.15, -0.1) is 0 Å². The highest BCUT2D eigenvalue weighted by atomic mass is 16.5. The molecule has 4 saturated carbocycles. The number of hydrogen-bond donors (Lipinski definition) is 2. The van der Waals surface area contributed by atoms with E-state index in [2.05, 4.69) is 20.8 Å². The molecule has 4 rings (SSSR count). The van der Waals surface area contributed by atoms with Crippen LogP contribution in [0, 0.1) is 46.3 Å². The van der Waals surface area contributed by atoms with Crippen molar-refractivity contribution in [3.63, 3.8) is 0 Å². The molecule has 0 saturated heterocycles. The Hall–Kier alpha value is -1.63. The van der Waals surface area contributed by atoms with E-state index in [1.54, 1.807) is 0 Å². The molecule has 198 valence electrons. The molecule has 11 unspecified atom stereocenters. The molecule has 0 aromatic heterocycles. The number of carbonyl (C=O) groups excluding carboxylic acids is 2. The number of ether oxygens (including phenoxy) is 2. The first-order valence-electron chi connectivity index (χ1n) is 13.6. The molecule has 0 spiro atoms. The zero-order valence-corrected chi connectivity index (χ0v) is 22.0. The van der Waals surface area contributed by atoms with Crippen molar-refractivity contribution in [3.8, 4) is 0 Å². The zero-order valence-electron chi connectivity index (χ0n) is 22.0. The summed E-state index contributed by atoms with van der Waals surface area (Å²) >= 11 is 0. The van der Waals surface area contributed by atoms with Crippen molar-refractivity contribution in [1.29, 1.82) is 0 Å². The monoisotopic (exact) mass is 492 g/mol. The molecular formula is C28H44O7. The number of esters is 2. The highest BCUT2D eigenvalue weighted by Gasteiger charge is 2.66. The molecule has 4 aliphatic rings. The number of rotatable bonds is 6. The van der Waals surface area contributed by atoms with E-state index in [9.17, 15) is 24.6 Å². The third-order valence-electron chi connectivity index (χ3n) is 10.9. The van der Waals surface area contributed by atoms with Crippen LogP contribution in [0.4, 0.5) is 0 Å². The van der Waals surface area contributed by atoms with Crippen LogP contribution in [0.25, 0.3) is 0 Å². The zero-order chi connectivity index (χ0) is 25.7. The normalized spacial score (nSPS) is 45.4. The first-order chi connectivity index (χ1) is 16.4. The van der Waals surface area contributed by atoms with Gasteiger partial charge in [-0.05, 0) is 91.8 Å². The van der Waals surface area contributed by atoms with Crippen molar-refractivity contribution in [2.45, 2.75) is 111 Å². The van der Waals surface area contributed by atoms with Crippen molar-refractivity contribution in [2.75, 3.05) is 0 Å². The van der Waals surface area contributed by atoms with Gasteiger partial charge in [0, 0.05) is 26.2 Å². The SMILES string of the molecule is CC(=O)OC1CCC2(C)C(C1)CC(OC(C)=O)C1C2CC(O)C2(C)C(C(C)CCC(=O)O)CCC12. The quantitative estimate of drug-likeness (QED) is 0.522. The number of fused-ring (bicyclic) bond motifs is 5. The van der Waals surface area contributed by atoms with Crippen molar-refractivity contribution < 1.29 is 34.1 Å². The van der Waals surface area contributed by atoms with Crippen molar-refractivity contribution in [2.24, 2.45) is 46.3 Å².